The van der Waals surface area contributed by atoms with Crippen molar-refractivity contribution in [2.45, 2.75) is 37.7 Å². The number of ether oxygens (including phenoxy) is 1. The summed E-state index contributed by atoms with van der Waals surface area (Å²) in [4.78, 5) is 10.4. The molecule has 0 aromatic carbocycles. The minimum Gasteiger partial charge on any atom is -0.378 e. The fraction of sp³-hybridized carbons (Fsp3) is 0.714. The van der Waals surface area contributed by atoms with Crippen molar-refractivity contribution in [1.29, 1.82) is 0 Å². The Balaban J connectivity index is 2.45. The van der Waals surface area contributed by atoms with Gasteiger partial charge >= 0.3 is 0 Å². The highest BCUT2D eigenvalue weighted by Gasteiger charge is 2.40. The van der Waals surface area contributed by atoms with Crippen molar-refractivity contribution >= 4 is 27.3 Å². The largest absolute Gasteiger partial charge is 0.378 e. The maximum atomic E-state index is 12.6. The van der Waals surface area contributed by atoms with Crippen LogP contribution in [-0.4, -0.2) is 49.9 Å². The second kappa shape index (κ2) is 6.29. The number of anilines is 1. The lowest BCUT2D eigenvalue weighted by molar-refractivity contribution is 0.122. The highest BCUT2D eigenvalue weighted by atomic mass is 35.5. The van der Waals surface area contributed by atoms with Crippen LogP contribution in [0, 0.1) is 0 Å². The summed E-state index contributed by atoms with van der Waals surface area (Å²) < 4.78 is 29.4. The smallest absolute Gasteiger partial charge is 0.224 e. The lowest BCUT2D eigenvalue weighted by Gasteiger charge is -2.30. The normalized spacial score (nSPS) is 17.1. The SMILES string of the molecule is CC(C)S(=O)(=O)C(C)(C)c1cc(N2CCOCC2)nc(Cl)n1. The maximum Gasteiger partial charge on any atom is 0.224 e. The molecule has 1 fully saturated rings. The number of aromatic nitrogens is 2. The van der Waals surface area contributed by atoms with Gasteiger partial charge in [-0.25, -0.2) is 18.4 Å². The summed E-state index contributed by atoms with van der Waals surface area (Å²) in [5, 5.41) is -0.436. The molecule has 1 saturated heterocycles. The molecule has 1 aromatic heterocycles. The van der Waals surface area contributed by atoms with Crippen molar-refractivity contribution in [2.24, 2.45) is 0 Å². The molecule has 0 saturated carbocycles. The van der Waals surface area contributed by atoms with E-state index < -0.39 is 19.8 Å². The second-order valence-corrected chi connectivity index (χ2v) is 9.48. The van der Waals surface area contributed by atoms with Gasteiger partial charge in [-0.1, -0.05) is 0 Å². The van der Waals surface area contributed by atoms with Gasteiger partial charge in [0.05, 0.1) is 24.2 Å². The van der Waals surface area contributed by atoms with Gasteiger partial charge in [0.15, 0.2) is 9.84 Å². The topological polar surface area (TPSA) is 72.4 Å². The van der Waals surface area contributed by atoms with Crippen molar-refractivity contribution in [3.8, 4) is 0 Å². The van der Waals surface area contributed by atoms with E-state index in [4.69, 9.17) is 16.3 Å². The Kier molecular flexibility index (Phi) is 4.99. The van der Waals surface area contributed by atoms with Crippen molar-refractivity contribution in [1.82, 2.24) is 9.97 Å². The molecule has 6 nitrogen and oxygen atoms in total. The molecule has 0 radical (unpaired) electrons. The van der Waals surface area contributed by atoms with Gasteiger partial charge in [0.25, 0.3) is 0 Å². The molecule has 2 heterocycles. The maximum absolute atomic E-state index is 12.6. The third kappa shape index (κ3) is 3.21. The Hall–Kier alpha value is -0.920. The Morgan fingerprint density at radius 3 is 2.41 bits per heavy atom. The van der Waals surface area contributed by atoms with Crippen LogP contribution in [0.2, 0.25) is 5.28 Å². The second-order valence-electron chi connectivity index (χ2n) is 6.08. The van der Waals surface area contributed by atoms with E-state index >= 15 is 0 Å². The van der Waals surface area contributed by atoms with Crippen LogP contribution in [0.3, 0.4) is 0 Å². The average molecular weight is 348 g/mol. The number of hydrogen-bond acceptors (Lipinski definition) is 6. The molecule has 0 spiro atoms. The van der Waals surface area contributed by atoms with Crippen LogP contribution in [0.5, 0.6) is 0 Å². The molecule has 1 aromatic rings. The minimum atomic E-state index is -3.39. The molecule has 124 valence electrons. The standard InChI is InChI=1S/C14H22ClN3O3S/c1-10(2)22(19,20)14(3,4)11-9-12(17-13(15)16-11)18-5-7-21-8-6-18/h9-10H,5-8H2,1-4H3. The fourth-order valence-electron chi connectivity index (χ4n) is 2.40. The quantitative estimate of drug-likeness (QED) is 0.776. The molecule has 22 heavy (non-hydrogen) atoms. The van der Waals surface area contributed by atoms with E-state index in [2.05, 4.69) is 9.97 Å². The molecule has 0 aliphatic carbocycles. The van der Waals surface area contributed by atoms with Crippen molar-refractivity contribution in [3.63, 3.8) is 0 Å². The third-order valence-electron chi connectivity index (χ3n) is 3.97. The van der Waals surface area contributed by atoms with Crippen molar-refractivity contribution in [3.05, 3.63) is 17.0 Å². The van der Waals surface area contributed by atoms with Gasteiger partial charge in [0.2, 0.25) is 5.28 Å². The third-order valence-corrected chi connectivity index (χ3v) is 7.01. The summed E-state index contributed by atoms with van der Waals surface area (Å²) in [5.41, 5.74) is 0.419. The van der Waals surface area contributed by atoms with Crippen molar-refractivity contribution in [2.75, 3.05) is 31.2 Å². The van der Waals surface area contributed by atoms with Crippen LogP contribution in [0.1, 0.15) is 33.4 Å². The van der Waals surface area contributed by atoms with Crippen LogP contribution in [-0.2, 0) is 19.3 Å². The molecule has 0 bridgehead atoms. The van der Waals surface area contributed by atoms with Gasteiger partial charge in [-0.3, -0.25) is 0 Å². The molecule has 0 unspecified atom stereocenters. The summed E-state index contributed by atoms with van der Waals surface area (Å²) in [7, 11) is -3.39. The van der Waals surface area contributed by atoms with Gasteiger partial charge in [0.1, 0.15) is 10.6 Å². The lowest BCUT2D eigenvalue weighted by atomic mass is 10.1. The number of halogens is 1. The Morgan fingerprint density at radius 1 is 1.27 bits per heavy atom. The Labute approximate surface area is 136 Å². The predicted molar refractivity (Wildman–Crippen MR) is 87.2 cm³/mol. The number of sulfone groups is 1. The summed E-state index contributed by atoms with van der Waals surface area (Å²) in [6.07, 6.45) is 0. The summed E-state index contributed by atoms with van der Waals surface area (Å²) in [6, 6.07) is 1.72. The number of rotatable bonds is 4. The molecule has 1 aliphatic rings. The molecule has 0 amide bonds. The minimum absolute atomic E-state index is 0.0611. The molecular formula is C14H22ClN3O3S. The van der Waals surface area contributed by atoms with E-state index in [0.717, 1.165) is 0 Å². The monoisotopic (exact) mass is 347 g/mol. The molecule has 1 aliphatic heterocycles. The van der Waals surface area contributed by atoms with Crippen LogP contribution in [0.25, 0.3) is 0 Å². The first-order valence-electron chi connectivity index (χ1n) is 7.27. The van der Waals surface area contributed by atoms with E-state index in [1.807, 2.05) is 4.90 Å². The molecule has 8 heteroatoms. The first-order chi connectivity index (χ1) is 10.2. The summed E-state index contributed by atoms with van der Waals surface area (Å²) in [6.45, 7) is 9.28. The molecule has 2 rings (SSSR count). The van der Waals surface area contributed by atoms with Gasteiger partial charge in [-0.15, -0.1) is 0 Å². The van der Waals surface area contributed by atoms with Gasteiger partial charge in [-0.2, -0.15) is 0 Å². The lowest BCUT2D eigenvalue weighted by Crippen LogP contribution is -2.38. The van der Waals surface area contributed by atoms with Gasteiger partial charge < -0.3 is 9.64 Å². The zero-order valence-corrected chi connectivity index (χ0v) is 14.9. The van der Waals surface area contributed by atoms with E-state index in [9.17, 15) is 8.42 Å². The number of hydrogen-bond donors (Lipinski definition) is 0. The summed E-state index contributed by atoms with van der Waals surface area (Å²) in [5.74, 6) is 0.644. The first-order valence-corrected chi connectivity index (χ1v) is 9.20. The summed E-state index contributed by atoms with van der Waals surface area (Å²) >= 11 is 6.03. The van der Waals surface area contributed by atoms with Crippen LogP contribution in [0.4, 0.5) is 5.82 Å². The van der Waals surface area contributed by atoms with E-state index in [1.165, 1.54) is 0 Å². The molecule has 0 N–H and O–H groups in total. The Morgan fingerprint density at radius 2 is 1.86 bits per heavy atom. The zero-order valence-electron chi connectivity index (χ0n) is 13.3. The van der Waals surface area contributed by atoms with Crippen LogP contribution < -0.4 is 4.90 Å². The fourth-order valence-corrected chi connectivity index (χ4v) is 4.16. The zero-order chi connectivity index (χ0) is 16.5. The Bertz CT molecular complexity index is 641. The van der Waals surface area contributed by atoms with Crippen LogP contribution >= 0.6 is 11.6 Å². The molecule has 0 atom stereocenters. The highest BCUT2D eigenvalue weighted by molar-refractivity contribution is 7.92. The van der Waals surface area contributed by atoms with E-state index in [-0.39, 0.29) is 5.28 Å². The number of morpholine rings is 1. The van der Waals surface area contributed by atoms with Gasteiger partial charge in [0, 0.05) is 19.2 Å². The predicted octanol–water partition coefficient (Wildman–Crippen LogP) is 2.02. The van der Waals surface area contributed by atoms with Gasteiger partial charge in [-0.05, 0) is 39.3 Å². The molecular weight excluding hydrogens is 326 g/mol. The van der Waals surface area contributed by atoms with Crippen molar-refractivity contribution < 1.29 is 13.2 Å². The van der Waals surface area contributed by atoms with Crippen LogP contribution in [0.15, 0.2) is 6.07 Å². The number of nitrogens with zero attached hydrogens (tertiary/aromatic N) is 3. The van der Waals surface area contributed by atoms with E-state index in [1.54, 1.807) is 33.8 Å². The average Bonchev–Trinajstić information content (AvgIpc) is 2.47. The van der Waals surface area contributed by atoms with E-state index in [0.29, 0.717) is 37.8 Å². The first kappa shape index (κ1) is 17.4. The highest BCUT2D eigenvalue weighted by Crippen LogP contribution is 2.33.